The van der Waals surface area contributed by atoms with Crippen LogP contribution in [-0.2, 0) is 37.1 Å². The van der Waals surface area contributed by atoms with Gasteiger partial charge < -0.3 is 14.8 Å². The second-order valence-corrected chi connectivity index (χ2v) is 11.2. The molecule has 0 bridgehead atoms. The summed E-state index contributed by atoms with van der Waals surface area (Å²) in [7, 11) is -3.65. The lowest BCUT2D eigenvalue weighted by molar-refractivity contribution is -0.119. The van der Waals surface area contributed by atoms with Crippen molar-refractivity contribution in [3.8, 4) is 0 Å². The highest BCUT2D eigenvalue weighted by Crippen LogP contribution is 2.31. The SMILES string of the molecule is CC1CN(S(=O)(=O)c2ccc(NC(=O)COC(=O)c3cc4c(s3)CCC4)cc2)CC(C)O1. The van der Waals surface area contributed by atoms with E-state index in [9.17, 15) is 18.0 Å². The molecule has 8 nitrogen and oxygen atoms in total. The highest BCUT2D eigenvalue weighted by Gasteiger charge is 2.32. The average molecular weight is 479 g/mol. The number of carbonyl (C=O) groups is 2. The zero-order valence-electron chi connectivity index (χ0n) is 18.0. The first kappa shape index (κ1) is 22.9. The molecule has 172 valence electrons. The van der Waals surface area contributed by atoms with Crippen molar-refractivity contribution in [1.82, 2.24) is 4.31 Å². The van der Waals surface area contributed by atoms with Crippen LogP contribution in [-0.4, -0.2) is 56.5 Å². The number of morpholine rings is 1. The van der Waals surface area contributed by atoms with Crippen LogP contribution in [0.15, 0.2) is 35.2 Å². The van der Waals surface area contributed by atoms with Crippen LogP contribution >= 0.6 is 11.3 Å². The van der Waals surface area contributed by atoms with Crippen molar-refractivity contribution in [3.05, 3.63) is 45.6 Å². The van der Waals surface area contributed by atoms with Crippen LogP contribution in [0.2, 0.25) is 0 Å². The summed E-state index contributed by atoms with van der Waals surface area (Å²) in [6, 6.07) is 7.79. The lowest BCUT2D eigenvalue weighted by atomic mass is 10.2. The van der Waals surface area contributed by atoms with Gasteiger partial charge in [-0.15, -0.1) is 11.3 Å². The molecule has 1 aromatic heterocycles. The molecular formula is C22H26N2O6S2. The van der Waals surface area contributed by atoms with E-state index in [-0.39, 0.29) is 17.1 Å². The summed E-state index contributed by atoms with van der Waals surface area (Å²) >= 11 is 1.43. The van der Waals surface area contributed by atoms with Crippen molar-refractivity contribution in [1.29, 1.82) is 0 Å². The fourth-order valence-electron chi connectivity index (χ4n) is 4.02. The molecule has 2 unspecified atom stereocenters. The molecule has 10 heteroatoms. The van der Waals surface area contributed by atoms with E-state index < -0.39 is 28.5 Å². The molecule has 4 rings (SSSR count). The van der Waals surface area contributed by atoms with Crippen LogP contribution in [0.25, 0.3) is 0 Å². The number of amides is 1. The minimum absolute atomic E-state index is 0.147. The van der Waals surface area contributed by atoms with Gasteiger partial charge in [0.15, 0.2) is 6.61 Å². The number of rotatable bonds is 6. The van der Waals surface area contributed by atoms with Crippen LogP contribution < -0.4 is 5.32 Å². The number of esters is 1. The summed E-state index contributed by atoms with van der Waals surface area (Å²) in [5, 5.41) is 2.62. The van der Waals surface area contributed by atoms with Gasteiger partial charge in [-0.05, 0) is 69.0 Å². The molecule has 0 radical (unpaired) electrons. The monoisotopic (exact) mass is 478 g/mol. The zero-order valence-corrected chi connectivity index (χ0v) is 19.6. The Morgan fingerprint density at radius 1 is 1.16 bits per heavy atom. The molecule has 1 aliphatic heterocycles. The first-order chi connectivity index (χ1) is 15.2. The van der Waals surface area contributed by atoms with Crippen molar-refractivity contribution < 1.29 is 27.5 Å². The molecule has 1 fully saturated rings. The molecule has 1 aliphatic carbocycles. The fraction of sp³-hybridized carbons (Fsp3) is 0.455. The lowest BCUT2D eigenvalue weighted by Gasteiger charge is -2.34. The second-order valence-electron chi connectivity index (χ2n) is 8.14. The summed E-state index contributed by atoms with van der Waals surface area (Å²) in [6.45, 7) is 3.86. The molecule has 32 heavy (non-hydrogen) atoms. The number of nitrogens with zero attached hydrogens (tertiary/aromatic N) is 1. The third-order valence-corrected chi connectivity index (χ3v) is 8.51. The molecular weight excluding hydrogens is 452 g/mol. The van der Waals surface area contributed by atoms with E-state index in [2.05, 4.69) is 5.32 Å². The highest BCUT2D eigenvalue weighted by molar-refractivity contribution is 7.89. The topological polar surface area (TPSA) is 102 Å². The third kappa shape index (κ3) is 5.03. The van der Waals surface area contributed by atoms with Crippen LogP contribution in [0.1, 0.15) is 40.4 Å². The largest absolute Gasteiger partial charge is 0.451 e. The van der Waals surface area contributed by atoms with E-state index in [0.717, 1.165) is 19.3 Å². The van der Waals surface area contributed by atoms with Gasteiger partial charge in [0.2, 0.25) is 10.0 Å². The molecule has 1 N–H and O–H groups in total. The Hall–Kier alpha value is -2.27. The van der Waals surface area contributed by atoms with Gasteiger partial charge in [0.05, 0.1) is 17.1 Å². The van der Waals surface area contributed by atoms with Gasteiger partial charge in [0.1, 0.15) is 4.88 Å². The number of benzene rings is 1. The first-order valence-corrected chi connectivity index (χ1v) is 12.8. The van der Waals surface area contributed by atoms with Gasteiger partial charge >= 0.3 is 5.97 Å². The Kier molecular flexibility index (Phi) is 6.66. The van der Waals surface area contributed by atoms with E-state index >= 15 is 0 Å². The average Bonchev–Trinajstić information content (AvgIpc) is 3.34. The fourth-order valence-corrected chi connectivity index (χ4v) is 6.75. The Bertz CT molecular complexity index is 1080. The summed E-state index contributed by atoms with van der Waals surface area (Å²) in [6.07, 6.45) is 2.73. The second kappa shape index (κ2) is 9.30. The molecule has 1 saturated heterocycles. The summed E-state index contributed by atoms with van der Waals surface area (Å²) in [5.74, 6) is -0.996. The number of fused-ring (bicyclic) bond motifs is 1. The standard InChI is InChI=1S/C22H26N2O6S2/c1-14-11-24(12-15(2)30-14)32(27,28)18-8-6-17(7-9-18)23-21(25)13-29-22(26)20-10-16-4-3-5-19(16)31-20/h6-10,14-15H,3-5,11-13H2,1-2H3,(H,23,25). The van der Waals surface area contributed by atoms with Gasteiger partial charge in [-0.2, -0.15) is 4.31 Å². The Balaban J connectivity index is 1.31. The Morgan fingerprint density at radius 2 is 1.84 bits per heavy atom. The van der Waals surface area contributed by atoms with Crippen molar-refractivity contribution >= 4 is 38.9 Å². The molecule has 2 aromatic rings. The van der Waals surface area contributed by atoms with Gasteiger partial charge in [0, 0.05) is 23.7 Å². The Labute approximate surface area is 191 Å². The maximum absolute atomic E-state index is 12.9. The maximum Gasteiger partial charge on any atom is 0.348 e. The number of ether oxygens (including phenoxy) is 2. The summed E-state index contributed by atoms with van der Waals surface area (Å²) in [4.78, 5) is 26.2. The van der Waals surface area contributed by atoms with E-state index in [4.69, 9.17) is 9.47 Å². The number of carbonyl (C=O) groups excluding carboxylic acids is 2. The van der Waals surface area contributed by atoms with Crippen molar-refractivity contribution in [3.63, 3.8) is 0 Å². The van der Waals surface area contributed by atoms with E-state index in [0.29, 0.717) is 23.7 Å². The van der Waals surface area contributed by atoms with E-state index in [1.165, 1.54) is 50.3 Å². The predicted molar refractivity (Wildman–Crippen MR) is 120 cm³/mol. The molecule has 1 amide bonds. The van der Waals surface area contributed by atoms with Crippen molar-refractivity contribution in [2.24, 2.45) is 0 Å². The number of sulfonamides is 1. The number of hydrogen-bond acceptors (Lipinski definition) is 7. The van der Waals surface area contributed by atoms with Crippen LogP contribution in [0.3, 0.4) is 0 Å². The molecule has 0 spiro atoms. The number of nitrogens with one attached hydrogen (secondary N) is 1. The quantitative estimate of drug-likeness (QED) is 0.641. The number of hydrogen-bond donors (Lipinski definition) is 1. The van der Waals surface area contributed by atoms with Gasteiger partial charge in [-0.1, -0.05) is 0 Å². The molecule has 2 atom stereocenters. The van der Waals surface area contributed by atoms with Crippen LogP contribution in [0.5, 0.6) is 0 Å². The van der Waals surface area contributed by atoms with Gasteiger partial charge in [-0.3, -0.25) is 4.79 Å². The van der Waals surface area contributed by atoms with Gasteiger partial charge in [0.25, 0.3) is 5.91 Å². The lowest BCUT2D eigenvalue weighted by Crippen LogP contribution is -2.48. The number of thiophene rings is 1. The maximum atomic E-state index is 12.9. The smallest absolute Gasteiger partial charge is 0.348 e. The first-order valence-electron chi connectivity index (χ1n) is 10.6. The molecule has 0 saturated carbocycles. The number of anilines is 1. The highest BCUT2D eigenvalue weighted by atomic mass is 32.2. The normalized spacial score (nSPS) is 21.2. The van der Waals surface area contributed by atoms with Crippen LogP contribution in [0.4, 0.5) is 5.69 Å². The minimum atomic E-state index is -3.65. The van der Waals surface area contributed by atoms with E-state index in [1.54, 1.807) is 0 Å². The number of aryl methyl sites for hydroxylation is 2. The van der Waals surface area contributed by atoms with Crippen molar-refractivity contribution in [2.75, 3.05) is 25.0 Å². The van der Waals surface area contributed by atoms with Gasteiger partial charge in [-0.25, -0.2) is 13.2 Å². The third-order valence-electron chi connectivity index (χ3n) is 5.44. The van der Waals surface area contributed by atoms with E-state index in [1.807, 2.05) is 19.9 Å². The summed E-state index contributed by atoms with van der Waals surface area (Å²) in [5.41, 5.74) is 1.62. The minimum Gasteiger partial charge on any atom is -0.451 e. The van der Waals surface area contributed by atoms with Crippen LogP contribution in [0, 0.1) is 0 Å². The molecule has 2 heterocycles. The summed E-state index contributed by atoms with van der Waals surface area (Å²) < 4.78 is 37.9. The Morgan fingerprint density at radius 3 is 2.50 bits per heavy atom. The molecule has 2 aliphatic rings. The zero-order chi connectivity index (χ0) is 22.9. The van der Waals surface area contributed by atoms with Crippen molar-refractivity contribution in [2.45, 2.75) is 50.2 Å². The molecule has 1 aromatic carbocycles. The predicted octanol–water partition coefficient (Wildman–Crippen LogP) is 2.83.